The van der Waals surface area contributed by atoms with Gasteiger partial charge in [0.15, 0.2) is 0 Å². The molecule has 0 radical (unpaired) electrons. The summed E-state index contributed by atoms with van der Waals surface area (Å²) in [5.41, 5.74) is 2.12. The van der Waals surface area contributed by atoms with Crippen LogP contribution in [0.5, 0.6) is 0 Å². The molecule has 32 heavy (non-hydrogen) atoms. The van der Waals surface area contributed by atoms with Gasteiger partial charge in [-0.3, -0.25) is 0 Å². The molecule has 0 saturated carbocycles. The predicted molar refractivity (Wildman–Crippen MR) is 135 cm³/mol. The zero-order valence-electron chi connectivity index (χ0n) is 19.6. The summed E-state index contributed by atoms with van der Waals surface area (Å²) >= 11 is 0. The van der Waals surface area contributed by atoms with E-state index < -0.39 is 18.0 Å². The van der Waals surface area contributed by atoms with Crippen LogP contribution in [0.1, 0.15) is 31.9 Å². The van der Waals surface area contributed by atoms with E-state index in [9.17, 15) is 13.0 Å². The van der Waals surface area contributed by atoms with Gasteiger partial charge in [-0.05, 0) is 81.7 Å². The number of benzene rings is 3. The van der Waals surface area contributed by atoms with E-state index in [-0.39, 0.29) is 4.90 Å². The van der Waals surface area contributed by atoms with E-state index in [1.165, 1.54) is 25.7 Å². The molecule has 0 fully saturated rings. The molecule has 3 rings (SSSR count). The lowest BCUT2D eigenvalue weighted by atomic mass is 10.2. The molecule has 1 unspecified atom stereocenters. The Kier molecular flexibility index (Phi) is 10.0. The van der Waals surface area contributed by atoms with Crippen molar-refractivity contribution in [2.24, 2.45) is 0 Å². The first-order chi connectivity index (χ1) is 15.2. The third-order valence-corrected chi connectivity index (χ3v) is 9.17. The lowest BCUT2D eigenvalue weighted by molar-refractivity contribution is -0.894. The Morgan fingerprint density at radius 2 is 1.28 bits per heavy atom. The number of rotatable bonds is 7. The minimum atomic E-state index is -4.49. The van der Waals surface area contributed by atoms with Crippen molar-refractivity contribution in [1.82, 2.24) is 0 Å². The summed E-state index contributed by atoms with van der Waals surface area (Å²) in [6.45, 7) is 14.5. The largest absolute Gasteiger partial charge is 0.744 e. The molecule has 3 aromatic rings. The first kappa shape index (κ1) is 26.2. The number of hydrogen-bond acceptors (Lipinski definition) is 3. The molecule has 0 saturated heterocycles. The maximum Gasteiger partial charge on any atom is 0.124 e. The number of hydrogen-bond donors (Lipinski definition) is 1. The Hall–Kier alpha value is -2.04. The van der Waals surface area contributed by atoms with Gasteiger partial charge in [-0.1, -0.05) is 60.7 Å². The van der Waals surface area contributed by atoms with Gasteiger partial charge in [0.25, 0.3) is 0 Å². The van der Waals surface area contributed by atoms with E-state index in [0.29, 0.717) is 0 Å². The normalized spacial score (nSPS) is 12.2. The maximum atomic E-state index is 11.5. The second kappa shape index (κ2) is 12.3. The highest BCUT2D eigenvalue weighted by atomic mass is 32.2. The van der Waals surface area contributed by atoms with E-state index in [1.807, 2.05) is 37.3 Å². The fourth-order valence-electron chi connectivity index (χ4n) is 3.53. The molecule has 3 aromatic carbocycles. The molecule has 0 amide bonds. The number of quaternary nitrogens is 1. The van der Waals surface area contributed by atoms with Gasteiger partial charge in [0.05, 0.1) is 24.5 Å². The maximum absolute atomic E-state index is 11.5. The fourth-order valence-corrected chi connectivity index (χ4v) is 6.76. The molecule has 0 spiro atoms. The average molecular weight is 472 g/mol. The van der Waals surface area contributed by atoms with Crippen LogP contribution in [0.2, 0.25) is 0 Å². The Morgan fingerprint density at radius 3 is 1.78 bits per heavy atom. The minimum Gasteiger partial charge on any atom is -0.744 e. The van der Waals surface area contributed by atoms with Crippen LogP contribution in [0.15, 0.2) is 77.7 Å². The van der Waals surface area contributed by atoms with Gasteiger partial charge in [0.2, 0.25) is 0 Å². The molecule has 0 aliphatic heterocycles. The van der Waals surface area contributed by atoms with Crippen molar-refractivity contribution in [2.75, 3.05) is 19.6 Å². The lowest BCUT2D eigenvalue weighted by Gasteiger charge is -2.24. The molecule has 0 bridgehead atoms. The predicted octanol–water partition coefficient (Wildman–Crippen LogP) is 2.90. The van der Waals surface area contributed by atoms with E-state index >= 15 is 0 Å². The number of nitrogens with one attached hydrogen (secondary N) is 1. The summed E-state index contributed by atoms with van der Waals surface area (Å²) in [5.74, 6) is 0. The molecule has 6 heteroatoms. The number of aryl methyl sites for hydroxylation is 2. The van der Waals surface area contributed by atoms with Crippen LogP contribution in [0.25, 0.3) is 0 Å². The van der Waals surface area contributed by atoms with Gasteiger partial charge in [-0.25, -0.2) is 8.42 Å². The van der Waals surface area contributed by atoms with Crippen molar-refractivity contribution < 1.29 is 17.9 Å². The van der Waals surface area contributed by atoms with Gasteiger partial charge in [0, 0.05) is 0 Å². The van der Waals surface area contributed by atoms with E-state index in [2.05, 4.69) is 52.0 Å². The third-order valence-electron chi connectivity index (χ3n) is 5.58. The molecule has 0 aliphatic rings. The minimum absolute atomic E-state index is 0.176. The summed E-state index contributed by atoms with van der Waals surface area (Å²) < 4.78 is 34.5. The van der Waals surface area contributed by atoms with Crippen LogP contribution in [0.4, 0.5) is 0 Å². The SMILES string of the molecule is CC[NH+](CC)CC.Cc1ccccc1P(c1ccccc1)c1cc(S(=O)(=O)[O-])ccc1C. The Bertz CT molecular complexity index is 1090. The summed E-state index contributed by atoms with van der Waals surface area (Å²) in [6.07, 6.45) is 0. The molecule has 0 heterocycles. The molecule has 0 aliphatic carbocycles. The van der Waals surface area contributed by atoms with Gasteiger partial charge in [-0.2, -0.15) is 0 Å². The van der Waals surface area contributed by atoms with Crippen molar-refractivity contribution in [2.45, 2.75) is 39.5 Å². The van der Waals surface area contributed by atoms with Gasteiger partial charge >= 0.3 is 0 Å². The second-order valence-corrected chi connectivity index (χ2v) is 11.2. The molecular formula is C26H34NO3PS. The monoisotopic (exact) mass is 471 g/mol. The van der Waals surface area contributed by atoms with Crippen LogP contribution in [0.3, 0.4) is 0 Å². The highest BCUT2D eigenvalue weighted by Gasteiger charge is 2.21. The van der Waals surface area contributed by atoms with Crippen molar-refractivity contribution in [1.29, 1.82) is 0 Å². The fraction of sp³-hybridized carbons (Fsp3) is 0.308. The molecule has 0 aromatic heterocycles. The summed E-state index contributed by atoms with van der Waals surface area (Å²) in [6, 6.07) is 22.8. The van der Waals surface area contributed by atoms with Crippen LogP contribution in [-0.2, 0) is 10.1 Å². The molecule has 1 N–H and O–H groups in total. The van der Waals surface area contributed by atoms with E-state index in [4.69, 9.17) is 0 Å². The molecule has 1 atom stereocenters. The summed E-state index contributed by atoms with van der Waals surface area (Å²) in [4.78, 5) is 1.50. The van der Waals surface area contributed by atoms with Gasteiger partial charge < -0.3 is 9.45 Å². The second-order valence-electron chi connectivity index (χ2n) is 7.67. The van der Waals surface area contributed by atoms with E-state index in [0.717, 1.165) is 27.0 Å². The van der Waals surface area contributed by atoms with Gasteiger partial charge in [0.1, 0.15) is 10.1 Å². The van der Waals surface area contributed by atoms with Crippen LogP contribution >= 0.6 is 7.92 Å². The van der Waals surface area contributed by atoms with Crippen LogP contribution in [-0.4, -0.2) is 32.6 Å². The Morgan fingerprint density at radius 1 is 0.750 bits per heavy atom. The van der Waals surface area contributed by atoms with Crippen molar-refractivity contribution in [3.05, 3.63) is 83.9 Å². The average Bonchev–Trinajstić information content (AvgIpc) is 2.78. The summed E-state index contributed by atoms with van der Waals surface area (Å²) in [5, 5.41) is 3.18. The lowest BCUT2D eigenvalue weighted by Crippen LogP contribution is -3.11. The van der Waals surface area contributed by atoms with Crippen LogP contribution in [0, 0.1) is 13.8 Å². The first-order valence-corrected chi connectivity index (χ1v) is 13.8. The van der Waals surface area contributed by atoms with E-state index in [1.54, 1.807) is 17.0 Å². The topological polar surface area (TPSA) is 61.6 Å². The zero-order valence-corrected chi connectivity index (χ0v) is 21.3. The van der Waals surface area contributed by atoms with Crippen molar-refractivity contribution in [3.63, 3.8) is 0 Å². The molecular weight excluding hydrogens is 437 g/mol. The smallest absolute Gasteiger partial charge is 0.124 e. The van der Waals surface area contributed by atoms with Gasteiger partial charge in [-0.15, -0.1) is 0 Å². The third kappa shape index (κ3) is 6.98. The molecule has 4 nitrogen and oxygen atoms in total. The van der Waals surface area contributed by atoms with Crippen molar-refractivity contribution in [3.8, 4) is 0 Å². The Balaban J connectivity index is 0.000000451. The highest BCUT2D eigenvalue weighted by Crippen LogP contribution is 2.35. The zero-order chi connectivity index (χ0) is 23.7. The highest BCUT2D eigenvalue weighted by molar-refractivity contribution is 7.86. The quantitative estimate of drug-likeness (QED) is 0.426. The standard InChI is InChI=1S/C20H19O3PS.C6H15N/c1-15-8-6-7-11-19(15)24(17-9-4-3-5-10-17)20-14-18(25(21,22)23)13-12-16(20)2;1-4-7(5-2)6-3/h3-14H,1-2H3,(H,21,22,23);4-6H2,1-3H3. The van der Waals surface area contributed by atoms with Crippen molar-refractivity contribution >= 4 is 34.0 Å². The Labute approximate surface area is 194 Å². The summed E-state index contributed by atoms with van der Waals surface area (Å²) in [7, 11) is -5.44. The molecule has 172 valence electrons. The first-order valence-electron chi connectivity index (χ1n) is 11.0. The van der Waals surface area contributed by atoms with Crippen LogP contribution < -0.4 is 20.8 Å².